The van der Waals surface area contributed by atoms with Crippen LogP contribution in [0.1, 0.15) is 24.4 Å². The van der Waals surface area contributed by atoms with Crippen LogP contribution in [0.4, 0.5) is 9.18 Å². The standard InChI is InChI=1S/C16H21FN2O3S2/c1-24(21,22)10-11-4-6-19(9-11)16(20)18-14-5-7-23-15-3-2-12(17)8-13(14)15/h2-3,8,11,14H,4-7,9-10H2,1H3,(H,18,20)/t11-,14-/m1/s1. The van der Waals surface area contributed by atoms with Crippen LogP contribution in [0, 0.1) is 11.7 Å². The molecule has 0 spiro atoms. The van der Waals surface area contributed by atoms with Gasteiger partial charge < -0.3 is 10.2 Å². The first-order valence-electron chi connectivity index (χ1n) is 7.97. The van der Waals surface area contributed by atoms with E-state index in [1.54, 1.807) is 22.7 Å². The van der Waals surface area contributed by atoms with Crippen LogP contribution in [-0.4, -0.2) is 50.2 Å². The Morgan fingerprint density at radius 1 is 1.42 bits per heavy atom. The van der Waals surface area contributed by atoms with E-state index in [4.69, 9.17) is 0 Å². The third-order valence-corrected chi connectivity index (χ3v) is 6.62. The maximum Gasteiger partial charge on any atom is 0.317 e. The molecule has 24 heavy (non-hydrogen) atoms. The van der Waals surface area contributed by atoms with Crippen molar-refractivity contribution in [2.24, 2.45) is 5.92 Å². The molecule has 0 saturated carbocycles. The van der Waals surface area contributed by atoms with E-state index in [1.165, 1.54) is 18.4 Å². The van der Waals surface area contributed by atoms with Crippen molar-refractivity contribution in [3.63, 3.8) is 0 Å². The van der Waals surface area contributed by atoms with Gasteiger partial charge in [-0.15, -0.1) is 11.8 Å². The average Bonchev–Trinajstić information content (AvgIpc) is 2.94. The molecule has 1 aromatic rings. The van der Waals surface area contributed by atoms with Crippen molar-refractivity contribution < 1.29 is 17.6 Å². The van der Waals surface area contributed by atoms with E-state index in [0.717, 1.165) is 22.6 Å². The summed E-state index contributed by atoms with van der Waals surface area (Å²) in [5.41, 5.74) is 0.825. The Hall–Kier alpha value is -1.28. The molecule has 0 aliphatic carbocycles. The van der Waals surface area contributed by atoms with Crippen LogP contribution < -0.4 is 5.32 Å². The largest absolute Gasteiger partial charge is 0.331 e. The van der Waals surface area contributed by atoms with E-state index in [9.17, 15) is 17.6 Å². The number of carbonyl (C=O) groups is 1. The lowest BCUT2D eigenvalue weighted by Gasteiger charge is -2.28. The molecule has 2 amide bonds. The van der Waals surface area contributed by atoms with E-state index in [0.29, 0.717) is 19.5 Å². The summed E-state index contributed by atoms with van der Waals surface area (Å²) in [6.07, 6.45) is 2.68. The second-order valence-electron chi connectivity index (χ2n) is 6.51. The number of halogens is 1. The number of sulfone groups is 1. The van der Waals surface area contributed by atoms with Crippen molar-refractivity contribution in [2.45, 2.75) is 23.8 Å². The third kappa shape index (κ3) is 4.22. The number of rotatable bonds is 3. The van der Waals surface area contributed by atoms with Crippen LogP contribution >= 0.6 is 11.8 Å². The molecule has 0 aromatic heterocycles. The molecule has 0 bridgehead atoms. The van der Waals surface area contributed by atoms with Gasteiger partial charge in [0.15, 0.2) is 0 Å². The molecule has 0 radical (unpaired) electrons. The van der Waals surface area contributed by atoms with Crippen LogP contribution in [0.15, 0.2) is 23.1 Å². The summed E-state index contributed by atoms with van der Waals surface area (Å²) in [6.45, 7) is 1.01. The van der Waals surface area contributed by atoms with E-state index >= 15 is 0 Å². The second kappa shape index (κ2) is 6.92. The Morgan fingerprint density at radius 2 is 2.21 bits per heavy atom. The number of fused-ring (bicyclic) bond motifs is 1. The molecule has 132 valence electrons. The molecule has 3 rings (SSSR count). The molecule has 1 aromatic carbocycles. The van der Waals surface area contributed by atoms with Crippen molar-refractivity contribution in [3.8, 4) is 0 Å². The summed E-state index contributed by atoms with van der Waals surface area (Å²) in [6, 6.07) is 4.29. The number of hydrogen-bond acceptors (Lipinski definition) is 4. The number of carbonyl (C=O) groups excluding carboxylic acids is 1. The first-order chi connectivity index (χ1) is 11.3. The SMILES string of the molecule is CS(=O)(=O)C[C@@H]1CCN(C(=O)N[C@@H]2CCSc3ccc(F)cc32)C1. The summed E-state index contributed by atoms with van der Waals surface area (Å²) in [7, 11) is -3.03. The van der Waals surface area contributed by atoms with Crippen molar-refractivity contribution in [1.82, 2.24) is 10.2 Å². The molecule has 2 atom stereocenters. The van der Waals surface area contributed by atoms with E-state index in [2.05, 4.69) is 5.32 Å². The minimum atomic E-state index is -3.03. The molecule has 8 heteroatoms. The molecule has 1 fully saturated rings. The molecule has 5 nitrogen and oxygen atoms in total. The summed E-state index contributed by atoms with van der Waals surface area (Å²) in [5, 5.41) is 2.99. The first-order valence-corrected chi connectivity index (χ1v) is 11.0. The number of likely N-dealkylation sites (tertiary alicyclic amines) is 1. The molecule has 2 aliphatic rings. The van der Waals surface area contributed by atoms with Gasteiger partial charge in [-0.05, 0) is 42.5 Å². The normalized spacial score (nSPS) is 23.8. The first kappa shape index (κ1) is 17.5. The van der Waals surface area contributed by atoms with Crippen molar-refractivity contribution in [1.29, 1.82) is 0 Å². The van der Waals surface area contributed by atoms with Gasteiger partial charge in [0.25, 0.3) is 0 Å². The molecular weight excluding hydrogens is 351 g/mol. The van der Waals surface area contributed by atoms with Gasteiger partial charge in [-0.2, -0.15) is 0 Å². The summed E-state index contributed by atoms with van der Waals surface area (Å²) in [4.78, 5) is 15.2. The van der Waals surface area contributed by atoms with Gasteiger partial charge in [0.1, 0.15) is 15.7 Å². The van der Waals surface area contributed by atoms with Crippen LogP contribution in [0.3, 0.4) is 0 Å². The van der Waals surface area contributed by atoms with Crippen LogP contribution in [-0.2, 0) is 9.84 Å². The number of benzene rings is 1. The fraction of sp³-hybridized carbons (Fsp3) is 0.562. The predicted molar refractivity (Wildman–Crippen MR) is 92.4 cm³/mol. The zero-order valence-electron chi connectivity index (χ0n) is 13.5. The second-order valence-corrected chi connectivity index (χ2v) is 9.84. The molecule has 2 heterocycles. The fourth-order valence-corrected chi connectivity index (χ4v) is 5.57. The van der Waals surface area contributed by atoms with Gasteiger partial charge in [-0.3, -0.25) is 0 Å². The quantitative estimate of drug-likeness (QED) is 0.885. The van der Waals surface area contributed by atoms with Gasteiger partial charge in [0.05, 0.1) is 11.8 Å². The summed E-state index contributed by atoms with van der Waals surface area (Å²) >= 11 is 1.67. The number of nitrogens with one attached hydrogen (secondary N) is 1. The highest BCUT2D eigenvalue weighted by Gasteiger charge is 2.31. The van der Waals surface area contributed by atoms with E-state index < -0.39 is 9.84 Å². The van der Waals surface area contributed by atoms with Gasteiger partial charge in [-0.1, -0.05) is 0 Å². The van der Waals surface area contributed by atoms with Crippen molar-refractivity contribution in [3.05, 3.63) is 29.6 Å². The maximum absolute atomic E-state index is 13.5. The van der Waals surface area contributed by atoms with Crippen LogP contribution in [0.2, 0.25) is 0 Å². The lowest BCUT2D eigenvalue weighted by molar-refractivity contribution is 0.202. The summed E-state index contributed by atoms with van der Waals surface area (Å²) in [5.74, 6) is 0.688. The zero-order valence-corrected chi connectivity index (χ0v) is 15.1. The van der Waals surface area contributed by atoms with Crippen LogP contribution in [0.25, 0.3) is 0 Å². The Bertz CT molecular complexity index is 739. The highest BCUT2D eigenvalue weighted by atomic mass is 32.2. The number of nitrogens with zero attached hydrogens (tertiary/aromatic N) is 1. The highest BCUT2D eigenvalue weighted by molar-refractivity contribution is 7.99. The average molecular weight is 372 g/mol. The lowest BCUT2D eigenvalue weighted by Crippen LogP contribution is -2.41. The van der Waals surface area contributed by atoms with Gasteiger partial charge in [0.2, 0.25) is 0 Å². The monoisotopic (exact) mass is 372 g/mol. The van der Waals surface area contributed by atoms with Crippen molar-refractivity contribution >= 4 is 27.6 Å². The number of hydrogen-bond donors (Lipinski definition) is 1. The third-order valence-electron chi connectivity index (χ3n) is 4.42. The van der Waals surface area contributed by atoms with Crippen LogP contribution in [0.5, 0.6) is 0 Å². The Balaban J connectivity index is 1.63. The smallest absolute Gasteiger partial charge is 0.317 e. The van der Waals surface area contributed by atoms with Crippen molar-refractivity contribution in [2.75, 3.05) is 30.9 Å². The lowest BCUT2D eigenvalue weighted by atomic mass is 10.0. The number of thioether (sulfide) groups is 1. The Morgan fingerprint density at radius 3 is 2.96 bits per heavy atom. The Labute approximate surface area is 145 Å². The zero-order chi connectivity index (χ0) is 17.3. The van der Waals surface area contributed by atoms with Gasteiger partial charge in [0, 0.05) is 30.0 Å². The fourth-order valence-electron chi connectivity index (χ4n) is 3.34. The molecule has 1 saturated heterocycles. The Kier molecular flexibility index (Phi) is 5.05. The van der Waals surface area contributed by atoms with Gasteiger partial charge in [-0.25, -0.2) is 17.6 Å². The molecule has 0 unspecified atom stereocenters. The minimum Gasteiger partial charge on any atom is -0.331 e. The summed E-state index contributed by atoms with van der Waals surface area (Å²) < 4.78 is 36.3. The number of amides is 2. The molecule has 2 aliphatic heterocycles. The van der Waals surface area contributed by atoms with E-state index in [-0.39, 0.29) is 29.6 Å². The molecule has 1 N–H and O–H groups in total. The topological polar surface area (TPSA) is 66.5 Å². The minimum absolute atomic E-state index is 0.00241. The highest BCUT2D eigenvalue weighted by Crippen LogP contribution is 2.36. The maximum atomic E-state index is 13.5. The molecular formula is C16H21FN2O3S2. The number of urea groups is 1. The predicted octanol–water partition coefficient (Wildman–Crippen LogP) is 2.44. The van der Waals surface area contributed by atoms with Gasteiger partial charge >= 0.3 is 6.03 Å². The van der Waals surface area contributed by atoms with E-state index in [1.807, 2.05) is 0 Å².